The van der Waals surface area contributed by atoms with E-state index in [9.17, 15) is 0 Å². The first-order valence-corrected chi connectivity index (χ1v) is 7.76. The van der Waals surface area contributed by atoms with Gasteiger partial charge in [-0.05, 0) is 36.6 Å². The van der Waals surface area contributed by atoms with Crippen molar-refractivity contribution in [3.63, 3.8) is 0 Å². The average molecular weight is 289 g/mol. The van der Waals surface area contributed by atoms with E-state index in [0.29, 0.717) is 10.9 Å². The topological polar surface area (TPSA) is 17.8 Å². The van der Waals surface area contributed by atoms with Gasteiger partial charge in [0.2, 0.25) is 0 Å². The molecular weight excluding hydrogens is 275 g/mol. The molecule has 1 aromatic heterocycles. The van der Waals surface area contributed by atoms with Gasteiger partial charge in [0.25, 0.3) is 0 Å². The number of aryl methyl sites for hydroxylation is 1. The van der Waals surface area contributed by atoms with Crippen LogP contribution in [0.25, 0.3) is 11.0 Å². The summed E-state index contributed by atoms with van der Waals surface area (Å²) in [7, 11) is 0. The van der Waals surface area contributed by atoms with Gasteiger partial charge in [-0.3, -0.25) is 0 Å². The fraction of sp³-hybridized carbons (Fsp3) is 0.417. The fourth-order valence-electron chi connectivity index (χ4n) is 1.87. The van der Waals surface area contributed by atoms with Gasteiger partial charge >= 0.3 is 0 Å². The molecule has 0 bridgehead atoms. The lowest BCUT2D eigenvalue weighted by Gasteiger charge is -2.06. The van der Waals surface area contributed by atoms with E-state index in [0.717, 1.165) is 35.6 Å². The molecule has 2 aromatic rings. The molecule has 0 saturated heterocycles. The van der Waals surface area contributed by atoms with Crippen LogP contribution < -0.4 is 0 Å². The average Bonchev–Trinajstić information content (AvgIpc) is 2.67. The first kappa shape index (κ1) is 13.1. The van der Waals surface area contributed by atoms with Crippen LogP contribution in [0.15, 0.2) is 18.2 Å². The van der Waals surface area contributed by atoms with E-state index in [4.69, 9.17) is 23.2 Å². The molecule has 0 fully saturated rings. The van der Waals surface area contributed by atoms with Crippen molar-refractivity contribution >= 4 is 46.0 Å². The standard InChI is InChI=1S/C12H14Cl2N2S/c1-17-6-2-5-16-11-4-3-9(14)7-10(11)15-12(16)8-13/h3-4,7H,2,5-6,8H2,1H3. The van der Waals surface area contributed by atoms with Crippen LogP contribution in [0.4, 0.5) is 0 Å². The summed E-state index contributed by atoms with van der Waals surface area (Å²) in [5.74, 6) is 2.51. The molecule has 5 heteroatoms. The first-order valence-electron chi connectivity index (χ1n) is 5.46. The van der Waals surface area contributed by atoms with Crippen molar-refractivity contribution in [2.24, 2.45) is 0 Å². The van der Waals surface area contributed by atoms with Crippen molar-refractivity contribution in [1.82, 2.24) is 9.55 Å². The number of benzene rings is 1. The zero-order chi connectivity index (χ0) is 12.3. The number of nitrogens with zero attached hydrogens (tertiary/aromatic N) is 2. The second-order valence-corrected chi connectivity index (χ2v) is 5.48. The van der Waals surface area contributed by atoms with Crippen LogP contribution in [0.5, 0.6) is 0 Å². The quantitative estimate of drug-likeness (QED) is 0.607. The normalized spacial score (nSPS) is 11.2. The van der Waals surface area contributed by atoms with Gasteiger partial charge in [0.15, 0.2) is 0 Å². The highest BCUT2D eigenvalue weighted by atomic mass is 35.5. The van der Waals surface area contributed by atoms with E-state index in [-0.39, 0.29) is 0 Å². The minimum Gasteiger partial charge on any atom is -0.327 e. The van der Waals surface area contributed by atoms with Gasteiger partial charge < -0.3 is 4.57 Å². The Labute approximate surface area is 115 Å². The molecule has 1 aromatic carbocycles. The van der Waals surface area contributed by atoms with Crippen molar-refractivity contribution in [1.29, 1.82) is 0 Å². The molecule has 1 heterocycles. The Balaban J connectivity index is 2.36. The van der Waals surface area contributed by atoms with Crippen molar-refractivity contribution in [2.45, 2.75) is 18.8 Å². The fourth-order valence-corrected chi connectivity index (χ4v) is 2.66. The Kier molecular flexibility index (Phi) is 4.60. The number of imidazole rings is 1. The number of hydrogen-bond donors (Lipinski definition) is 0. The summed E-state index contributed by atoms with van der Waals surface area (Å²) in [4.78, 5) is 4.51. The molecule has 2 nitrogen and oxygen atoms in total. The summed E-state index contributed by atoms with van der Waals surface area (Å²) in [6, 6.07) is 5.80. The Morgan fingerprint density at radius 2 is 2.24 bits per heavy atom. The molecule has 0 aliphatic carbocycles. The molecule has 0 saturated carbocycles. The van der Waals surface area contributed by atoms with Crippen molar-refractivity contribution < 1.29 is 0 Å². The third-order valence-corrected chi connectivity index (χ3v) is 3.81. The summed E-state index contributed by atoms with van der Waals surface area (Å²) < 4.78 is 2.19. The summed E-state index contributed by atoms with van der Waals surface area (Å²) in [6.07, 6.45) is 3.24. The molecule has 0 aliphatic rings. The second kappa shape index (κ2) is 5.98. The summed E-state index contributed by atoms with van der Waals surface area (Å²) in [5.41, 5.74) is 2.04. The maximum atomic E-state index is 5.96. The van der Waals surface area contributed by atoms with Crippen molar-refractivity contribution in [2.75, 3.05) is 12.0 Å². The highest BCUT2D eigenvalue weighted by molar-refractivity contribution is 7.98. The molecule has 0 aliphatic heterocycles. The summed E-state index contributed by atoms with van der Waals surface area (Å²) in [6.45, 7) is 0.959. The first-order chi connectivity index (χ1) is 8.26. The van der Waals surface area contributed by atoms with Crippen molar-refractivity contribution in [3.8, 4) is 0 Å². The van der Waals surface area contributed by atoms with Gasteiger partial charge in [-0.1, -0.05) is 11.6 Å². The lowest BCUT2D eigenvalue weighted by Crippen LogP contribution is -2.03. The maximum absolute atomic E-state index is 5.96. The van der Waals surface area contributed by atoms with E-state index in [1.807, 2.05) is 30.0 Å². The molecule has 0 amide bonds. The molecule has 0 radical (unpaired) electrons. The molecule has 17 heavy (non-hydrogen) atoms. The molecule has 0 unspecified atom stereocenters. The SMILES string of the molecule is CSCCCn1c(CCl)nc2cc(Cl)ccc21. The number of alkyl halides is 1. The van der Waals surface area contributed by atoms with Gasteiger partial charge in [-0.25, -0.2) is 4.98 Å². The van der Waals surface area contributed by atoms with Crippen molar-refractivity contribution in [3.05, 3.63) is 29.0 Å². The third-order valence-electron chi connectivity index (χ3n) is 2.64. The molecule has 92 valence electrons. The number of aromatic nitrogens is 2. The number of halogens is 2. The Morgan fingerprint density at radius 1 is 1.41 bits per heavy atom. The largest absolute Gasteiger partial charge is 0.327 e. The predicted octanol–water partition coefficient (Wildman–Crippen LogP) is 4.18. The van der Waals surface area contributed by atoms with Crippen LogP contribution in [0.1, 0.15) is 12.2 Å². The number of hydrogen-bond acceptors (Lipinski definition) is 2. The highest BCUT2D eigenvalue weighted by Crippen LogP contribution is 2.22. The number of thioether (sulfide) groups is 1. The van der Waals surface area contributed by atoms with E-state index in [1.165, 1.54) is 0 Å². The Bertz CT molecular complexity index is 510. The summed E-state index contributed by atoms with van der Waals surface area (Å²) >= 11 is 13.8. The van der Waals surface area contributed by atoms with E-state index < -0.39 is 0 Å². The second-order valence-electron chi connectivity index (χ2n) is 3.79. The zero-order valence-electron chi connectivity index (χ0n) is 9.62. The Morgan fingerprint density at radius 3 is 2.94 bits per heavy atom. The smallest absolute Gasteiger partial charge is 0.124 e. The molecule has 0 N–H and O–H groups in total. The highest BCUT2D eigenvalue weighted by Gasteiger charge is 2.09. The molecule has 0 spiro atoms. The van der Waals surface area contributed by atoms with Gasteiger partial charge in [0.1, 0.15) is 5.82 Å². The minimum atomic E-state index is 0.436. The molecule has 2 rings (SSSR count). The van der Waals surface area contributed by atoms with Gasteiger partial charge in [-0.15, -0.1) is 11.6 Å². The van der Waals surface area contributed by atoms with Gasteiger partial charge in [-0.2, -0.15) is 11.8 Å². The number of fused-ring (bicyclic) bond motifs is 1. The lowest BCUT2D eigenvalue weighted by molar-refractivity contribution is 0.677. The van der Waals surface area contributed by atoms with E-state index in [1.54, 1.807) is 0 Å². The van der Waals surface area contributed by atoms with E-state index in [2.05, 4.69) is 15.8 Å². The van der Waals surface area contributed by atoms with Crippen LogP contribution in [0, 0.1) is 0 Å². The Hall–Kier alpha value is -0.380. The maximum Gasteiger partial charge on any atom is 0.124 e. The minimum absolute atomic E-state index is 0.436. The van der Waals surface area contributed by atoms with Crippen LogP contribution in [-0.4, -0.2) is 21.6 Å². The summed E-state index contributed by atoms with van der Waals surface area (Å²) in [5, 5.41) is 0.715. The zero-order valence-corrected chi connectivity index (χ0v) is 11.9. The van der Waals surface area contributed by atoms with E-state index >= 15 is 0 Å². The lowest BCUT2D eigenvalue weighted by atomic mass is 10.3. The number of rotatable bonds is 5. The van der Waals surface area contributed by atoms with Crippen LogP contribution in [-0.2, 0) is 12.4 Å². The predicted molar refractivity (Wildman–Crippen MR) is 77.3 cm³/mol. The third kappa shape index (κ3) is 2.90. The van der Waals surface area contributed by atoms with Crippen LogP contribution in [0.2, 0.25) is 5.02 Å². The van der Waals surface area contributed by atoms with Crippen LogP contribution >= 0.6 is 35.0 Å². The monoisotopic (exact) mass is 288 g/mol. The van der Waals surface area contributed by atoms with Gasteiger partial charge in [0.05, 0.1) is 16.9 Å². The van der Waals surface area contributed by atoms with Crippen LogP contribution in [0.3, 0.4) is 0 Å². The van der Waals surface area contributed by atoms with Gasteiger partial charge in [0, 0.05) is 11.6 Å². The molecule has 0 atom stereocenters. The molecular formula is C12H14Cl2N2S.